The molecule has 0 unspecified atom stereocenters. The van der Waals surface area contributed by atoms with E-state index in [-0.39, 0.29) is 22.8 Å². The monoisotopic (exact) mass is 365 g/mol. The van der Waals surface area contributed by atoms with E-state index in [0.29, 0.717) is 10.8 Å². The SMILES string of the molecule is N#CC(C#N)=C(C#N)Nc1cc(Oc2ccc(Cl)cc2)cc([N+](=O)[O-])c1. The Hall–Kier alpha value is -4.06. The number of hydrogen-bond acceptors (Lipinski definition) is 7. The number of nitriles is 3. The van der Waals surface area contributed by atoms with Gasteiger partial charge in [0.2, 0.25) is 0 Å². The molecule has 0 aliphatic carbocycles. The van der Waals surface area contributed by atoms with E-state index in [1.54, 1.807) is 42.5 Å². The van der Waals surface area contributed by atoms with Crippen molar-refractivity contribution in [1.82, 2.24) is 0 Å². The normalized spacial score (nSPS) is 9.15. The smallest absolute Gasteiger partial charge is 0.275 e. The molecule has 26 heavy (non-hydrogen) atoms. The van der Waals surface area contributed by atoms with Crippen molar-refractivity contribution in [3.05, 3.63) is 68.9 Å². The number of non-ortho nitro benzene ring substituents is 1. The zero-order valence-corrected chi connectivity index (χ0v) is 13.7. The summed E-state index contributed by atoms with van der Waals surface area (Å²) in [4.78, 5) is 10.5. The van der Waals surface area contributed by atoms with Crippen molar-refractivity contribution in [2.75, 3.05) is 5.32 Å². The van der Waals surface area contributed by atoms with Crippen LogP contribution in [-0.4, -0.2) is 4.92 Å². The number of nitrogens with zero attached hydrogens (tertiary/aromatic N) is 4. The second-order valence-corrected chi connectivity index (χ2v) is 5.18. The fourth-order valence-electron chi connectivity index (χ4n) is 1.89. The fraction of sp³-hybridized carbons (Fsp3) is 0. The minimum Gasteiger partial charge on any atom is -0.457 e. The molecule has 8 nitrogen and oxygen atoms in total. The zero-order chi connectivity index (χ0) is 19.1. The van der Waals surface area contributed by atoms with Crippen LogP contribution < -0.4 is 10.1 Å². The third kappa shape index (κ3) is 4.48. The zero-order valence-electron chi connectivity index (χ0n) is 12.9. The van der Waals surface area contributed by atoms with Gasteiger partial charge in [-0.05, 0) is 24.3 Å². The molecule has 0 heterocycles. The van der Waals surface area contributed by atoms with Gasteiger partial charge in [-0.1, -0.05) is 11.6 Å². The molecule has 2 rings (SSSR count). The molecule has 0 saturated carbocycles. The summed E-state index contributed by atoms with van der Waals surface area (Å²) >= 11 is 5.79. The molecule has 2 aromatic carbocycles. The molecule has 0 atom stereocenters. The second kappa shape index (κ2) is 8.16. The molecule has 0 spiro atoms. The maximum absolute atomic E-state index is 11.1. The molecule has 0 fully saturated rings. The molecule has 1 N–H and O–H groups in total. The minimum absolute atomic E-state index is 0.114. The van der Waals surface area contributed by atoms with E-state index in [1.807, 2.05) is 0 Å². The Labute approximate surface area is 152 Å². The van der Waals surface area contributed by atoms with Crippen molar-refractivity contribution in [3.8, 4) is 29.7 Å². The lowest BCUT2D eigenvalue weighted by molar-refractivity contribution is -0.384. The van der Waals surface area contributed by atoms with Gasteiger partial charge in [0.15, 0.2) is 5.57 Å². The predicted molar refractivity (Wildman–Crippen MR) is 92.1 cm³/mol. The number of halogens is 1. The van der Waals surface area contributed by atoms with Crippen LogP contribution in [-0.2, 0) is 0 Å². The van der Waals surface area contributed by atoms with Gasteiger partial charge in [0.1, 0.15) is 35.4 Å². The summed E-state index contributed by atoms with van der Waals surface area (Å²) in [7, 11) is 0. The molecule has 0 radical (unpaired) electrons. The first-order valence-electron chi connectivity index (χ1n) is 6.91. The molecule has 0 saturated heterocycles. The number of anilines is 1. The Balaban J connectivity index is 2.43. The maximum Gasteiger partial charge on any atom is 0.275 e. The van der Waals surface area contributed by atoms with Crippen LogP contribution in [0.3, 0.4) is 0 Å². The highest BCUT2D eigenvalue weighted by atomic mass is 35.5. The summed E-state index contributed by atoms with van der Waals surface area (Å²) in [5.74, 6) is 0.517. The van der Waals surface area contributed by atoms with Gasteiger partial charge in [0.05, 0.1) is 11.0 Å². The van der Waals surface area contributed by atoms with Crippen LogP contribution in [0.1, 0.15) is 0 Å². The highest BCUT2D eigenvalue weighted by Crippen LogP contribution is 2.31. The standard InChI is InChI=1S/C17H8ClN5O3/c18-12-1-3-15(4-2-12)26-16-6-13(5-14(7-16)23(24)25)22-17(10-21)11(8-19)9-20/h1-7,22H. The Kier molecular flexibility index (Phi) is 5.74. The summed E-state index contributed by atoms with van der Waals surface area (Å²) < 4.78 is 5.56. The number of nitrogens with one attached hydrogen (secondary N) is 1. The van der Waals surface area contributed by atoms with Crippen molar-refractivity contribution in [3.63, 3.8) is 0 Å². The minimum atomic E-state index is -0.634. The number of nitro benzene ring substituents is 1. The molecular formula is C17H8ClN5O3. The van der Waals surface area contributed by atoms with E-state index in [9.17, 15) is 10.1 Å². The molecule has 2 aromatic rings. The summed E-state index contributed by atoms with van der Waals surface area (Å²) in [5.41, 5.74) is -0.957. The topological polar surface area (TPSA) is 136 Å². The lowest BCUT2D eigenvalue weighted by Gasteiger charge is -2.09. The van der Waals surface area contributed by atoms with Crippen molar-refractivity contribution < 1.29 is 9.66 Å². The van der Waals surface area contributed by atoms with Crippen LogP contribution in [0.5, 0.6) is 11.5 Å². The third-order valence-corrected chi connectivity index (χ3v) is 3.26. The Morgan fingerprint density at radius 3 is 2.23 bits per heavy atom. The molecule has 126 valence electrons. The number of ether oxygens (including phenoxy) is 1. The van der Waals surface area contributed by atoms with E-state index in [0.717, 1.165) is 6.07 Å². The van der Waals surface area contributed by atoms with Crippen molar-refractivity contribution in [2.24, 2.45) is 0 Å². The van der Waals surface area contributed by atoms with Crippen LogP contribution in [0.4, 0.5) is 11.4 Å². The van der Waals surface area contributed by atoms with Crippen molar-refractivity contribution in [1.29, 1.82) is 15.8 Å². The average Bonchev–Trinajstić information content (AvgIpc) is 2.63. The summed E-state index contributed by atoms with van der Waals surface area (Å²) in [6.07, 6.45) is 0. The van der Waals surface area contributed by atoms with Gasteiger partial charge in [0, 0.05) is 22.8 Å². The maximum atomic E-state index is 11.1. The number of hydrogen-bond donors (Lipinski definition) is 1. The predicted octanol–water partition coefficient (Wildman–Crippen LogP) is 4.28. The molecule has 0 amide bonds. The largest absolute Gasteiger partial charge is 0.457 e. The van der Waals surface area contributed by atoms with Gasteiger partial charge >= 0.3 is 0 Å². The summed E-state index contributed by atoms with van der Waals surface area (Å²) in [5, 5.41) is 40.9. The molecule has 0 aromatic heterocycles. The van der Waals surface area contributed by atoms with Gasteiger partial charge in [0.25, 0.3) is 5.69 Å². The second-order valence-electron chi connectivity index (χ2n) is 4.74. The third-order valence-electron chi connectivity index (χ3n) is 3.01. The highest BCUT2D eigenvalue weighted by Gasteiger charge is 2.14. The number of nitro groups is 1. The quantitative estimate of drug-likeness (QED) is 0.474. The van der Waals surface area contributed by atoms with Crippen molar-refractivity contribution in [2.45, 2.75) is 0 Å². The van der Waals surface area contributed by atoms with Gasteiger partial charge in [-0.15, -0.1) is 0 Å². The molecule has 0 bridgehead atoms. The first-order chi connectivity index (χ1) is 12.5. The lowest BCUT2D eigenvalue weighted by atomic mass is 10.2. The van der Waals surface area contributed by atoms with E-state index >= 15 is 0 Å². The number of rotatable bonds is 5. The Bertz CT molecular complexity index is 995. The molecule has 0 aliphatic heterocycles. The van der Waals surface area contributed by atoms with E-state index in [1.165, 1.54) is 12.1 Å². The Morgan fingerprint density at radius 2 is 1.69 bits per heavy atom. The van der Waals surface area contributed by atoms with Gasteiger partial charge in [-0.25, -0.2) is 0 Å². The fourth-order valence-corrected chi connectivity index (χ4v) is 2.01. The first kappa shape index (κ1) is 18.3. The molecule has 0 aliphatic rings. The van der Waals surface area contributed by atoms with Crippen LogP contribution in [0.25, 0.3) is 0 Å². The van der Waals surface area contributed by atoms with E-state index in [2.05, 4.69) is 5.32 Å². The highest BCUT2D eigenvalue weighted by molar-refractivity contribution is 6.30. The van der Waals surface area contributed by atoms with Crippen LogP contribution >= 0.6 is 11.6 Å². The Morgan fingerprint density at radius 1 is 1.04 bits per heavy atom. The average molecular weight is 366 g/mol. The van der Waals surface area contributed by atoms with Gasteiger partial charge < -0.3 is 10.1 Å². The van der Waals surface area contributed by atoms with Crippen LogP contribution in [0, 0.1) is 44.1 Å². The first-order valence-corrected chi connectivity index (χ1v) is 7.29. The molecular weight excluding hydrogens is 358 g/mol. The lowest BCUT2D eigenvalue weighted by Crippen LogP contribution is -2.02. The van der Waals surface area contributed by atoms with Crippen molar-refractivity contribution >= 4 is 23.0 Å². The number of allylic oxidation sites excluding steroid dienone is 2. The van der Waals surface area contributed by atoms with Crippen LogP contribution in [0.2, 0.25) is 5.02 Å². The summed E-state index contributed by atoms with van der Waals surface area (Å²) in [6.45, 7) is 0. The van der Waals surface area contributed by atoms with E-state index in [4.69, 9.17) is 32.1 Å². The number of benzene rings is 2. The van der Waals surface area contributed by atoms with Gasteiger partial charge in [-0.3, -0.25) is 10.1 Å². The summed E-state index contributed by atoms with van der Waals surface area (Å²) in [6, 6.07) is 14.9. The molecule has 9 heteroatoms. The van der Waals surface area contributed by atoms with Gasteiger partial charge in [-0.2, -0.15) is 15.8 Å². The van der Waals surface area contributed by atoms with Crippen LogP contribution in [0.15, 0.2) is 53.7 Å². The van der Waals surface area contributed by atoms with E-state index < -0.39 is 10.5 Å².